The summed E-state index contributed by atoms with van der Waals surface area (Å²) < 4.78 is 22.3. The zero-order chi connectivity index (χ0) is 16.8. The predicted molar refractivity (Wildman–Crippen MR) is 80.3 cm³/mol. The number of methoxy groups -OCH3 is 2. The van der Waals surface area contributed by atoms with Crippen LogP contribution in [0.15, 0.2) is 18.2 Å². The van der Waals surface area contributed by atoms with Crippen LogP contribution in [0.4, 0.5) is 0 Å². The van der Waals surface area contributed by atoms with Crippen LogP contribution < -0.4 is 4.74 Å². The number of ether oxygens (including phenoxy) is 4. The van der Waals surface area contributed by atoms with Crippen LogP contribution in [0.3, 0.4) is 0 Å². The maximum Gasteiger partial charge on any atom is 0.324 e. The summed E-state index contributed by atoms with van der Waals surface area (Å²) >= 11 is 0. The third-order valence-electron chi connectivity index (χ3n) is 6.48. The van der Waals surface area contributed by atoms with Crippen molar-refractivity contribution < 1.29 is 28.5 Å². The van der Waals surface area contributed by atoms with Gasteiger partial charge < -0.3 is 18.9 Å². The second-order valence-corrected chi connectivity index (χ2v) is 7.09. The maximum absolute atomic E-state index is 12.8. The Balaban J connectivity index is 1.80. The molecule has 0 amide bonds. The molecule has 3 aliphatic heterocycles. The van der Waals surface area contributed by atoms with Gasteiger partial charge in [-0.05, 0) is 23.3 Å². The van der Waals surface area contributed by atoms with E-state index in [0.29, 0.717) is 5.75 Å². The minimum absolute atomic E-state index is 0.0369. The largest absolute Gasteiger partial charge is 0.497 e. The number of esters is 2. The highest BCUT2D eigenvalue weighted by atomic mass is 16.6. The van der Waals surface area contributed by atoms with E-state index in [9.17, 15) is 9.59 Å². The first-order valence-electron chi connectivity index (χ1n) is 8.18. The molecule has 3 saturated heterocycles. The smallest absolute Gasteiger partial charge is 0.324 e. The first-order chi connectivity index (χ1) is 11.6. The molecule has 4 fully saturated rings. The summed E-state index contributed by atoms with van der Waals surface area (Å²) in [6.45, 7) is 1.89. The van der Waals surface area contributed by atoms with Crippen molar-refractivity contribution in [2.75, 3.05) is 14.2 Å². The second-order valence-electron chi connectivity index (χ2n) is 7.09. The molecule has 24 heavy (non-hydrogen) atoms. The van der Waals surface area contributed by atoms with Crippen molar-refractivity contribution in [1.29, 1.82) is 0 Å². The maximum atomic E-state index is 12.8. The first kappa shape index (κ1) is 14.3. The Morgan fingerprint density at radius 2 is 2.00 bits per heavy atom. The summed E-state index contributed by atoms with van der Waals surface area (Å²) in [5.74, 6) is -0.929. The fraction of sp³-hybridized carbons (Fsp3) is 0.556. The molecular formula is C18H18O6. The Morgan fingerprint density at radius 3 is 2.71 bits per heavy atom. The fourth-order valence-electron chi connectivity index (χ4n) is 5.53. The van der Waals surface area contributed by atoms with E-state index in [0.717, 1.165) is 11.1 Å². The number of benzene rings is 1. The van der Waals surface area contributed by atoms with Crippen LogP contribution in [0.1, 0.15) is 30.1 Å². The highest BCUT2D eigenvalue weighted by Crippen LogP contribution is 2.71. The summed E-state index contributed by atoms with van der Waals surface area (Å²) in [5, 5.41) is 0. The lowest BCUT2D eigenvalue weighted by Crippen LogP contribution is -2.67. The van der Waals surface area contributed by atoms with Crippen molar-refractivity contribution in [2.24, 2.45) is 17.3 Å². The van der Waals surface area contributed by atoms with Crippen LogP contribution in [-0.4, -0.2) is 38.4 Å². The van der Waals surface area contributed by atoms with Crippen molar-refractivity contribution in [2.45, 2.75) is 31.2 Å². The molecule has 2 aliphatic carbocycles. The van der Waals surface area contributed by atoms with E-state index in [1.165, 1.54) is 7.11 Å². The number of hydrogen-bond donors (Lipinski definition) is 0. The van der Waals surface area contributed by atoms with E-state index in [-0.39, 0.29) is 36.1 Å². The molecule has 3 unspecified atom stereocenters. The van der Waals surface area contributed by atoms with Crippen LogP contribution in [0.2, 0.25) is 0 Å². The van der Waals surface area contributed by atoms with Crippen LogP contribution in [0, 0.1) is 17.3 Å². The molecule has 126 valence electrons. The van der Waals surface area contributed by atoms with Gasteiger partial charge in [-0.25, -0.2) is 0 Å². The van der Waals surface area contributed by atoms with E-state index in [2.05, 4.69) is 0 Å². The number of fused-ring (bicyclic) bond motifs is 3. The van der Waals surface area contributed by atoms with Crippen molar-refractivity contribution in [3.63, 3.8) is 0 Å². The van der Waals surface area contributed by atoms with Crippen LogP contribution in [0.25, 0.3) is 0 Å². The van der Waals surface area contributed by atoms with Crippen LogP contribution >= 0.6 is 0 Å². The van der Waals surface area contributed by atoms with Gasteiger partial charge in [-0.15, -0.1) is 0 Å². The van der Waals surface area contributed by atoms with Gasteiger partial charge in [-0.3, -0.25) is 9.59 Å². The number of hydrogen-bond acceptors (Lipinski definition) is 6. The Labute approximate surface area is 139 Å². The van der Waals surface area contributed by atoms with E-state index >= 15 is 0 Å². The highest BCUT2D eigenvalue weighted by Gasteiger charge is 2.79. The quantitative estimate of drug-likeness (QED) is 0.606. The number of rotatable bonds is 2. The molecular weight excluding hydrogens is 312 g/mol. The van der Waals surface area contributed by atoms with Crippen molar-refractivity contribution >= 4 is 11.9 Å². The van der Waals surface area contributed by atoms with Gasteiger partial charge >= 0.3 is 11.9 Å². The van der Waals surface area contributed by atoms with Crippen molar-refractivity contribution in [1.82, 2.24) is 0 Å². The Bertz CT molecular complexity index is 763. The lowest BCUT2D eigenvalue weighted by atomic mass is 9.53. The Hall–Kier alpha value is -2.08. The van der Waals surface area contributed by atoms with Crippen LogP contribution in [-0.2, 0) is 23.8 Å². The molecule has 5 aliphatic rings. The van der Waals surface area contributed by atoms with Crippen molar-refractivity contribution in [3.05, 3.63) is 29.3 Å². The topological polar surface area (TPSA) is 71.1 Å². The molecule has 3 heterocycles. The SMILES string of the molecule is COC(=O)[C@]12C(=O)O[C@@H]3C4C1c1cc(OC)ccc1[C@@H]4OC3[C@@H]2C. The molecule has 0 spiro atoms. The third kappa shape index (κ3) is 1.27. The van der Waals surface area contributed by atoms with E-state index in [4.69, 9.17) is 18.9 Å². The number of carbonyl (C=O) groups is 2. The highest BCUT2D eigenvalue weighted by molar-refractivity contribution is 6.03. The molecule has 7 atom stereocenters. The lowest BCUT2D eigenvalue weighted by Gasteiger charge is -2.53. The van der Waals surface area contributed by atoms with Gasteiger partial charge in [0.05, 0.1) is 26.4 Å². The van der Waals surface area contributed by atoms with E-state index in [1.807, 2.05) is 25.1 Å². The van der Waals surface area contributed by atoms with Gasteiger partial charge in [-0.1, -0.05) is 13.0 Å². The fourth-order valence-corrected chi connectivity index (χ4v) is 5.53. The van der Waals surface area contributed by atoms with Gasteiger partial charge in [0.1, 0.15) is 11.9 Å². The lowest BCUT2D eigenvalue weighted by molar-refractivity contribution is -0.220. The third-order valence-corrected chi connectivity index (χ3v) is 6.48. The molecule has 4 bridgehead atoms. The molecule has 1 aromatic carbocycles. The molecule has 0 aromatic heterocycles. The molecule has 0 N–H and O–H groups in total. The van der Waals surface area contributed by atoms with Gasteiger partial charge in [0.25, 0.3) is 0 Å². The molecule has 0 radical (unpaired) electrons. The second kappa shape index (κ2) is 4.30. The molecule has 1 saturated carbocycles. The van der Waals surface area contributed by atoms with Crippen LogP contribution in [0.5, 0.6) is 5.75 Å². The van der Waals surface area contributed by atoms with E-state index < -0.39 is 17.4 Å². The minimum atomic E-state index is -1.34. The number of carbonyl (C=O) groups excluding carboxylic acids is 2. The summed E-state index contributed by atoms with van der Waals surface area (Å²) in [5.41, 5.74) is 0.628. The zero-order valence-corrected chi connectivity index (χ0v) is 13.6. The summed E-state index contributed by atoms with van der Waals surface area (Å²) in [4.78, 5) is 25.7. The average molecular weight is 330 g/mol. The average Bonchev–Trinajstić information content (AvgIpc) is 3.08. The van der Waals surface area contributed by atoms with Gasteiger partial charge in [0, 0.05) is 17.8 Å². The van der Waals surface area contributed by atoms with Gasteiger partial charge in [-0.2, -0.15) is 0 Å². The molecule has 6 rings (SSSR count). The summed E-state index contributed by atoms with van der Waals surface area (Å²) in [6.07, 6.45) is -0.705. The summed E-state index contributed by atoms with van der Waals surface area (Å²) in [6, 6.07) is 5.77. The first-order valence-corrected chi connectivity index (χ1v) is 8.18. The Morgan fingerprint density at radius 1 is 1.21 bits per heavy atom. The monoisotopic (exact) mass is 330 g/mol. The van der Waals surface area contributed by atoms with Gasteiger partial charge in [0.2, 0.25) is 0 Å². The van der Waals surface area contributed by atoms with E-state index in [1.54, 1.807) is 7.11 Å². The summed E-state index contributed by atoms with van der Waals surface area (Å²) in [7, 11) is 2.92. The van der Waals surface area contributed by atoms with Crippen molar-refractivity contribution in [3.8, 4) is 5.75 Å². The normalized spacial score (nSPS) is 43.4. The molecule has 1 aromatic rings. The zero-order valence-electron chi connectivity index (χ0n) is 13.6. The van der Waals surface area contributed by atoms with Gasteiger partial charge in [0.15, 0.2) is 5.41 Å². The standard InChI is InChI=1S/C18H18O6/c1-7-13-15-11-12(18(7,16(19)22-3)17(20)24-15)10-6-8(21-2)4-5-9(10)14(11)23-13/h4-7,11-15H,1-3H3/t7-,11?,12?,13?,14-,15+,18+/m0/s1. The molecule has 6 heteroatoms. The minimum Gasteiger partial charge on any atom is -0.497 e. The Kier molecular flexibility index (Phi) is 2.56. The molecule has 6 nitrogen and oxygen atoms in total. The predicted octanol–water partition coefficient (Wildman–Crippen LogP) is 1.58.